The second kappa shape index (κ2) is 8.78. The molecular weight excluding hydrogens is 401 g/mol. The molecule has 0 bridgehead atoms. The van der Waals surface area contributed by atoms with Crippen molar-refractivity contribution in [3.05, 3.63) is 88.8 Å². The predicted octanol–water partition coefficient (Wildman–Crippen LogP) is 3.90. The molecule has 0 aliphatic heterocycles. The van der Waals surface area contributed by atoms with Gasteiger partial charge in [0.15, 0.2) is 5.69 Å². The van der Waals surface area contributed by atoms with Gasteiger partial charge in [-0.15, -0.1) is 5.10 Å². The molecule has 0 saturated carbocycles. The Hall–Kier alpha value is -4.01. The normalized spacial score (nSPS) is 10.8. The fourth-order valence-electron chi connectivity index (χ4n) is 3.01. The predicted molar refractivity (Wildman–Crippen MR) is 110 cm³/mol. The van der Waals surface area contributed by atoms with E-state index in [4.69, 9.17) is 9.26 Å². The van der Waals surface area contributed by atoms with Crippen LogP contribution in [0.2, 0.25) is 0 Å². The molecule has 0 unspecified atom stereocenters. The number of benzene rings is 2. The van der Waals surface area contributed by atoms with Crippen molar-refractivity contribution in [2.45, 2.75) is 27.0 Å². The van der Waals surface area contributed by atoms with E-state index in [2.05, 4.69) is 26.6 Å². The SMILES string of the molecule is Cc1cccc(Cn2cnc(NC(=O)c3noc(C)c3COc3ccc(F)cc3)n2)c1. The van der Waals surface area contributed by atoms with E-state index >= 15 is 0 Å². The van der Waals surface area contributed by atoms with Crippen LogP contribution >= 0.6 is 0 Å². The Labute approximate surface area is 177 Å². The Balaban J connectivity index is 1.42. The van der Waals surface area contributed by atoms with Crippen LogP contribution in [0.25, 0.3) is 0 Å². The molecule has 0 atom stereocenters. The van der Waals surface area contributed by atoms with Crippen LogP contribution < -0.4 is 10.1 Å². The van der Waals surface area contributed by atoms with Crippen molar-refractivity contribution in [2.75, 3.05) is 5.32 Å². The van der Waals surface area contributed by atoms with Crippen molar-refractivity contribution in [3.8, 4) is 5.75 Å². The van der Waals surface area contributed by atoms with Gasteiger partial charge in [-0.1, -0.05) is 35.0 Å². The first-order valence-corrected chi connectivity index (χ1v) is 9.58. The highest BCUT2D eigenvalue weighted by Crippen LogP contribution is 2.19. The molecule has 4 aromatic rings. The Morgan fingerprint density at radius 3 is 2.77 bits per heavy atom. The number of carbonyl (C=O) groups is 1. The molecule has 1 N–H and O–H groups in total. The third-order valence-corrected chi connectivity index (χ3v) is 4.59. The Bertz CT molecular complexity index is 1200. The monoisotopic (exact) mass is 421 g/mol. The lowest BCUT2D eigenvalue weighted by atomic mass is 10.1. The van der Waals surface area contributed by atoms with Crippen LogP contribution in [0, 0.1) is 19.7 Å². The summed E-state index contributed by atoms with van der Waals surface area (Å²) in [5.41, 5.74) is 2.80. The van der Waals surface area contributed by atoms with Crippen molar-refractivity contribution < 1.29 is 18.4 Å². The highest BCUT2D eigenvalue weighted by molar-refractivity contribution is 6.02. The molecule has 0 fully saturated rings. The van der Waals surface area contributed by atoms with Crippen molar-refractivity contribution in [1.29, 1.82) is 0 Å². The van der Waals surface area contributed by atoms with E-state index in [0.717, 1.165) is 11.1 Å². The van der Waals surface area contributed by atoms with Gasteiger partial charge in [-0.3, -0.25) is 10.1 Å². The molecule has 0 spiro atoms. The van der Waals surface area contributed by atoms with E-state index in [9.17, 15) is 9.18 Å². The Morgan fingerprint density at radius 1 is 1.19 bits per heavy atom. The van der Waals surface area contributed by atoms with E-state index in [-0.39, 0.29) is 24.1 Å². The van der Waals surface area contributed by atoms with Gasteiger partial charge < -0.3 is 9.26 Å². The third-order valence-electron chi connectivity index (χ3n) is 4.59. The summed E-state index contributed by atoms with van der Waals surface area (Å²) in [6, 6.07) is 13.7. The standard InChI is InChI=1S/C22H20FN5O3/c1-14-4-3-5-16(10-14)11-28-13-24-22(26-28)25-21(29)20-19(15(2)31-27-20)12-30-18-8-6-17(23)7-9-18/h3-10,13H,11-12H2,1-2H3,(H,25,26,29). The van der Waals surface area contributed by atoms with Gasteiger partial charge in [0.05, 0.1) is 12.1 Å². The number of amides is 1. The van der Waals surface area contributed by atoms with Crippen LogP contribution in [0.15, 0.2) is 59.4 Å². The second-order valence-electron chi connectivity index (χ2n) is 7.02. The van der Waals surface area contributed by atoms with E-state index in [1.807, 2.05) is 25.1 Å². The van der Waals surface area contributed by atoms with Gasteiger partial charge in [0.1, 0.15) is 30.3 Å². The van der Waals surface area contributed by atoms with Crippen LogP contribution in [0.3, 0.4) is 0 Å². The number of aromatic nitrogens is 4. The maximum atomic E-state index is 13.0. The highest BCUT2D eigenvalue weighted by Gasteiger charge is 2.21. The van der Waals surface area contributed by atoms with Gasteiger partial charge in [0.25, 0.3) is 5.91 Å². The lowest BCUT2D eigenvalue weighted by Crippen LogP contribution is -2.16. The number of ether oxygens (including phenoxy) is 1. The number of hydrogen-bond donors (Lipinski definition) is 1. The number of hydrogen-bond acceptors (Lipinski definition) is 6. The zero-order chi connectivity index (χ0) is 21.8. The van der Waals surface area contributed by atoms with Gasteiger partial charge in [-0.25, -0.2) is 14.1 Å². The van der Waals surface area contributed by atoms with Crippen molar-refractivity contribution >= 4 is 11.9 Å². The number of halogens is 1. The molecule has 0 aliphatic carbocycles. The average molecular weight is 421 g/mol. The molecular formula is C22H20FN5O3. The van der Waals surface area contributed by atoms with Crippen molar-refractivity contribution in [2.24, 2.45) is 0 Å². The largest absolute Gasteiger partial charge is 0.489 e. The summed E-state index contributed by atoms with van der Waals surface area (Å²) in [4.78, 5) is 16.8. The Kier molecular flexibility index (Phi) is 5.74. The maximum absolute atomic E-state index is 13.0. The Morgan fingerprint density at radius 2 is 2.00 bits per heavy atom. The first-order valence-electron chi connectivity index (χ1n) is 9.58. The summed E-state index contributed by atoms with van der Waals surface area (Å²) in [5, 5.41) is 10.7. The number of aryl methyl sites for hydroxylation is 2. The lowest BCUT2D eigenvalue weighted by Gasteiger charge is -2.06. The second-order valence-corrected chi connectivity index (χ2v) is 7.02. The molecule has 0 radical (unpaired) electrons. The molecule has 2 aromatic carbocycles. The number of nitrogens with zero attached hydrogens (tertiary/aromatic N) is 4. The number of nitrogens with one attached hydrogen (secondary N) is 1. The summed E-state index contributed by atoms with van der Waals surface area (Å²) in [6.07, 6.45) is 1.55. The number of rotatable bonds is 7. The lowest BCUT2D eigenvalue weighted by molar-refractivity contribution is 0.101. The quantitative estimate of drug-likeness (QED) is 0.486. The molecule has 4 rings (SSSR count). The molecule has 9 heteroatoms. The summed E-state index contributed by atoms with van der Waals surface area (Å²) >= 11 is 0. The van der Waals surface area contributed by atoms with E-state index < -0.39 is 5.91 Å². The fraction of sp³-hybridized carbons (Fsp3) is 0.182. The molecule has 1 amide bonds. The van der Waals surface area contributed by atoms with E-state index in [1.54, 1.807) is 17.9 Å². The summed E-state index contributed by atoms with van der Waals surface area (Å²) in [6.45, 7) is 4.28. The van der Waals surface area contributed by atoms with Crippen LogP contribution in [-0.2, 0) is 13.2 Å². The zero-order valence-corrected chi connectivity index (χ0v) is 17.0. The summed E-state index contributed by atoms with van der Waals surface area (Å²) in [7, 11) is 0. The molecule has 2 heterocycles. The highest BCUT2D eigenvalue weighted by atomic mass is 19.1. The zero-order valence-electron chi connectivity index (χ0n) is 17.0. The van der Waals surface area contributed by atoms with Crippen LogP contribution in [-0.4, -0.2) is 25.8 Å². The molecule has 0 saturated heterocycles. The number of anilines is 1. The molecule has 2 aromatic heterocycles. The van der Waals surface area contributed by atoms with Crippen molar-refractivity contribution in [1.82, 2.24) is 19.9 Å². The van der Waals surface area contributed by atoms with Crippen molar-refractivity contribution in [3.63, 3.8) is 0 Å². The molecule has 31 heavy (non-hydrogen) atoms. The first-order chi connectivity index (χ1) is 15.0. The van der Waals surface area contributed by atoms with Gasteiger partial charge in [-0.05, 0) is 43.7 Å². The third kappa shape index (κ3) is 4.95. The average Bonchev–Trinajstić information content (AvgIpc) is 3.33. The van der Waals surface area contributed by atoms with Gasteiger partial charge in [-0.2, -0.15) is 0 Å². The smallest absolute Gasteiger partial charge is 0.280 e. The maximum Gasteiger partial charge on any atom is 0.280 e. The molecule has 0 aliphatic rings. The van der Waals surface area contributed by atoms with Crippen LogP contribution in [0.1, 0.15) is 32.9 Å². The minimum atomic E-state index is -0.511. The topological polar surface area (TPSA) is 95.1 Å². The van der Waals surface area contributed by atoms with E-state index in [1.165, 1.54) is 24.3 Å². The summed E-state index contributed by atoms with van der Waals surface area (Å²) < 4.78 is 25.5. The first kappa shape index (κ1) is 20.3. The number of carbonyl (C=O) groups excluding carboxylic acids is 1. The van der Waals surface area contributed by atoms with E-state index in [0.29, 0.717) is 23.6 Å². The minimum absolute atomic E-state index is 0.0406. The minimum Gasteiger partial charge on any atom is -0.489 e. The van der Waals surface area contributed by atoms with Gasteiger partial charge in [0, 0.05) is 0 Å². The van der Waals surface area contributed by atoms with Gasteiger partial charge in [0.2, 0.25) is 5.95 Å². The van der Waals surface area contributed by atoms with Crippen LogP contribution in [0.5, 0.6) is 5.75 Å². The summed E-state index contributed by atoms with van der Waals surface area (Å²) in [5.74, 6) is 0.199. The fourth-order valence-corrected chi connectivity index (χ4v) is 3.01. The molecule has 8 nitrogen and oxygen atoms in total. The van der Waals surface area contributed by atoms with Gasteiger partial charge >= 0.3 is 0 Å². The molecule has 158 valence electrons. The van der Waals surface area contributed by atoms with Crippen LogP contribution in [0.4, 0.5) is 10.3 Å².